The molecule has 0 spiro atoms. The van der Waals surface area contributed by atoms with Crippen LogP contribution in [0.15, 0.2) is 12.2 Å². The molecule has 0 aromatic carbocycles. The first kappa shape index (κ1) is 10.1. The Balaban J connectivity index is 0. The smallest absolute Gasteiger partial charge is 0.0353 e. The highest BCUT2D eigenvalue weighted by atomic mass is 32.1. The van der Waals surface area contributed by atoms with Gasteiger partial charge in [-0.15, -0.1) is 0 Å². The van der Waals surface area contributed by atoms with Crippen molar-refractivity contribution in [2.45, 2.75) is 26.7 Å². The van der Waals surface area contributed by atoms with Crippen molar-refractivity contribution in [1.82, 2.24) is 0 Å². The van der Waals surface area contributed by atoms with Crippen LogP contribution >= 0.6 is 13.5 Å². The van der Waals surface area contributed by atoms with Gasteiger partial charge in [0.2, 0.25) is 0 Å². The van der Waals surface area contributed by atoms with E-state index in [1.165, 1.54) is 12.8 Å². The summed E-state index contributed by atoms with van der Waals surface area (Å²) in [5.74, 6) is 0. The molecule has 0 aliphatic carbocycles. The van der Waals surface area contributed by atoms with Gasteiger partial charge in [-0.05, 0) is 13.3 Å². The summed E-state index contributed by atoms with van der Waals surface area (Å²) in [6.07, 6.45) is 6.77. The third kappa shape index (κ3) is 10.7. The van der Waals surface area contributed by atoms with Gasteiger partial charge in [0, 0.05) is 0 Å². The Labute approximate surface area is 53.1 Å². The largest absolute Gasteiger partial charge is 0.197 e. The summed E-state index contributed by atoms with van der Waals surface area (Å²) in [7, 11) is 0. The summed E-state index contributed by atoms with van der Waals surface area (Å²) in [5.41, 5.74) is 0. The van der Waals surface area contributed by atoms with E-state index in [2.05, 4.69) is 26.0 Å². The first-order chi connectivity index (χ1) is 2.91. The van der Waals surface area contributed by atoms with Gasteiger partial charge in [0.1, 0.15) is 0 Å². The molecule has 0 aliphatic heterocycles. The fraction of sp³-hybridized carbons (Fsp3) is 0.667. The quantitative estimate of drug-likeness (QED) is 0.489. The molecular formula is C6H14S. The molecule has 0 radical (unpaired) electrons. The van der Waals surface area contributed by atoms with Crippen molar-refractivity contribution in [3.8, 4) is 0 Å². The molecule has 0 saturated carbocycles. The Kier molecular flexibility index (Phi) is 13.7. The van der Waals surface area contributed by atoms with Crippen molar-refractivity contribution in [1.29, 1.82) is 0 Å². The zero-order valence-corrected chi connectivity index (χ0v) is 6.07. The fourth-order valence-electron chi connectivity index (χ4n) is 0.333. The molecule has 7 heavy (non-hydrogen) atoms. The topological polar surface area (TPSA) is 0 Å². The second-order valence-electron chi connectivity index (χ2n) is 1.36. The van der Waals surface area contributed by atoms with Crippen LogP contribution in [0, 0.1) is 0 Å². The lowest BCUT2D eigenvalue weighted by Gasteiger charge is -1.76. The summed E-state index contributed by atoms with van der Waals surface area (Å²) in [4.78, 5) is 0. The van der Waals surface area contributed by atoms with E-state index < -0.39 is 0 Å². The molecule has 0 nitrogen and oxygen atoms in total. The summed E-state index contributed by atoms with van der Waals surface area (Å²) < 4.78 is 0. The minimum Gasteiger partial charge on any atom is -0.197 e. The zero-order valence-electron chi connectivity index (χ0n) is 5.07. The van der Waals surface area contributed by atoms with Gasteiger partial charge in [-0.2, -0.15) is 13.5 Å². The molecule has 0 saturated heterocycles. The normalized spacial score (nSPS) is 8.86. The van der Waals surface area contributed by atoms with Crippen LogP contribution in [0.2, 0.25) is 0 Å². The molecule has 0 unspecified atom stereocenters. The minimum atomic E-state index is 0. The van der Waals surface area contributed by atoms with Gasteiger partial charge in [-0.1, -0.05) is 25.5 Å². The SMILES string of the molecule is C/C=C/CCC.S. The molecule has 0 aromatic heterocycles. The predicted molar refractivity (Wildman–Crippen MR) is 40.1 cm³/mol. The van der Waals surface area contributed by atoms with Crippen molar-refractivity contribution >= 4 is 13.5 Å². The third-order valence-electron chi connectivity index (χ3n) is 0.691. The van der Waals surface area contributed by atoms with Gasteiger partial charge < -0.3 is 0 Å². The van der Waals surface area contributed by atoms with Crippen LogP contribution in [0.1, 0.15) is 26.7 Å². The maximum atomic E-state index is 2.18. The lowest BCUT2D eigenvalue weighted by atomic mass is 10.3. The average molecular weight is 118 g/mol. The lowest BCUT2D eigenvalue weighted by molar-refractivity contribution is 0.957. The van der Waals surface area contributed by atoms with E-state index in [1.807, 2.05) is 0 Å². The van der Waals surface area contributed by atoms with E-state index in [4.69, 9.17) is 0 Å². The Morgan fingerprint density at radius 3 is 2.14 bits per heavy atom. The van der Waals surface area contributed by atoms with Crippen LogP contribution < -0.4 is 0 Å². The van der Waals surface area contributed by atoms with Crippen LogP contribution in [-0.4, -0.2) is 0 Å². The molecule has 0 rings (SSSR count). The second-order valence-corrected chi connectivity index (χ2v) is 1.36. The summed E-state index contributed by atoms with van der Waals surface area (Å²) in [5, 5.41) is 0. The second kappa shape index (κ2) is 9.43. The van der Waals surface area contributed by atoms with Gasteiger partial charge in [-0.3, -0.25) is 0 Å². The van der Waals surface area contributed by atoms with E-state index in [9.17, 15) is 0 Å². The highest BCUT2D eigenvalue weighted by Crippen LogP contribution is 1.85. The molecule has 1 heteroatoms. The van der Waals surface area contributed by atoms with Crippen molar-refractivity contribution in [2.75, 3.05) is 0 Å². The van der Waals surface area contributed by atoms with Crippen LogP contribution in [0.3, 0.4) is 0 Å². The summed E-state index contributed by atoms with van der Waals surface area (Å²) in [6.45, 7) is 4.23. The van der Waals surface area contributed by atoms with Crippen molar-refractivity contribution in [3.05, 3.63) is 12.2 Å². The van der Waals surface area contributed by atoms with E-state index in [-0.39, 0.29) is 13.5 Å². The van der Waals surface area contributed by atoms with Gasteiger partial charge in [-0.25, -0.2) is 0 Å². The number of rotatable bonds is 2. The minimum absolute atomic E-state index is 0. The number of hydrogen-bond donors (Lipinski definition) is 0. The first-order valence-electron chi connectivity index (χ1n) is 2.53. The molecule has 0 bridgehead atoms. The Bertz CT molecular complexity index is 39.4. The van der Waals surface area contributed by atoms with Gasteiger partial charge >= 0.3 is 0 Å². The van der Waals surface area contributed by atoms with Crippen LogP contribution in [0.25, 0.3) is 0 Å². The van der Waals surface area contributed by atoms with Gasteiger partial charge in [0.25, 0.3) is 0 Å². The van der Waals surface area contributed by atoms with E-state index in [0.717, 1.165) is 0 Å². The van der Waals surface area contributed by atoms with Crippen LogP contribution in [0.4, 0.5) is 0 Å². The van der Waals surface area contributed by atoms with Gasteiger partial charge in [0.05, 0.1) is 0 Å². The molecule has 0 aliphatic rings. The van der Waals surface area contributed by atoms with E-state index in [1.54, 1.807) is 0 Å². The molecule has 0 aromatic rings. The number of allylic oxidation sites excluding steroid dienone is 2. The molecular weight excluding hydrogens is 104 g/mol. The summed E-state index contributed by atoms with van der Waals surface area (Å²) >= 11 is 0. The lowest BCUT2D eigenvalue weighted by Crippen LogP contribution is -1.55. The first-order valence-corrected chi connectivity index (χ1v) is 2.53. The molecule has 44 valence electrons. The third-order valence-corrected chi connectivity index (χ3v) is 0.691. The average Bonchev–Trinajstić information content (AvgIpc) is 1.61. The van der Waals surface area contributed by atoms with Crippen molar-refractivity contribution in [3.63, 3.8) is 0 Å². The molecule has 0 atom stereocenters. The monoisotopic (exact) mass is 118 g/mol. The maximum Gasteiger partial charge on any atom is -0.0353 e. The number of hydrogen-bond acceptors (Lipinski definition) is 0. The molecule has 0 heterocycles. The highest BCUT2D eigenvalue weighted by Gasteiger charge is 1.64. The molecule has 0 fully saturated rings. The zero-order chi connectivity index (χ0) is 4.83. The molecule has 0 amide bonds. The highest BCUT2D eigenvalue weighted by molar-refractivity contribution is 7.59. The number of unbranched alkanes of at least 4 members (excludes halogenated alkanes) is 1. The van der Waals surface area contributed by atoms with E-state index in [0.29, 0.717) is 0 Å². The van der Waals surface area contributed by atoms with Crippen molar-refractivity contribution in [2.24, 2.45) is 0 Å². The Morgan fingerprint density at radius 1 is 1.43 bits per heavy atom. The Morgan fingerprint density at radius 2 is 2.00 bits per heavy atom. The maximum absolute atomic E-state index is 2.18. The fourth-order valence-corrected chi connectivity index (χ4v) is 0.333. The van der Waals surface area contributed by atoms with E-state index >= 15 is 0 Å². The van der Waals surface area contributed by atoms with Gasteiger partial charge in [0.15, 0.2) is 0 Å². The summed E-state index contributed by atoms with van der Waals surface area (Å²) in [6, 6.07) is 0. The Hall–Kier alpha value is 0.0900. The predicted octanol–water partition coefficient (Wildman–Crippen LogP) is 2.48. The standard InChI is InChI=1S/C6H12.H2S/c1-3-5-6-4-2;/h3,5H,4,6H2,1-2H3;1H2/b5-3+;. The van der Waals surface area contributed by atoms with Crippen LogP contribution in [0.5, 0.6) is 0 Å². The van der Waals surface area contributed by atoms with Crippen LogP contribution in [-0.2, 0) is 0 Å². The molecule has 0 N–H and O–H groups in total. The van der Waals surface area contributed by atoms with Crippen molar-refractivity contribution < 1.29 is 0 Å².